The molecule has 0 aliphatic heterocycles. The highest BCUT2D eigenvalue weighted by Crippen LogP contribution is 2.34. The maximum atomic E-state index is 13.0. The van der Waals surface area contributed by atoms with Gasteiger partial charge in [0.1, 0.15) is 6.04 Å². The number of thioether (sulfide) groups is 1. The lowest BCUT2D eigenvalue weighted by Crippen LogP contribution is -2.50. The number of aliphatic carboxylic acids is 1. The molecule has 0 saturated heterocycles. The first-order chi connectivity index (χ1) is 17.8. The average Bonchev–Trinajstić information content (AvgIpc) is 2.87. The van der Waals surface area contributed by atoms with Crippen LogP contribution in [0.15, 0.2) is 60.8 Å². The van der Waals surface area contributed by atoms with Crippen LogP contribution in [0, 0.1) is 5.92 Å². The van der Waals surface area contributed by atoms with Gasteiger partial charge in [0.15, 0.2) is 0 Å². The van der Waals surface area contributed by atoms with Gasteiger partial charge >= 0.3 is 5.97 Å². The topological polar surface area (TPSA) is 66.4 Å². The molecule has 0 aromatic carbocycles. The molecule has 4 nitrogen and oxygen atoms in total. The molecule has 0 rings (SSSR count). The van der Waals surface area contributed by atoms with Crippen LogP contribution in [0.1, 0.15) is 105 Å². The highest BCUT2D eigenvalue weighted by Gasteiger charge is 2.37. The quantitative estimate of drug-likeness (QED) is 0.108. The van der Waals surface area contributed by atoms with Crippen LogP contribution in [0.3, 0.4) is 0 Å². The van der Waals surface area contributed by atoms with E-state index in [9.17, 15) is 14.7 Å². The number of nitrogens with one attached hydrogen (secondary N) is 1. The van der Waals surface area contributed by atoms with Crippen molar-refractivity contribution in [1.29, 1.82) is 0 Å². The number of hydrogen-bond acceptors (Lipinski definition) is 3. The first-order valence-corrected chi connectivity index (χ1v) is 15.2. The van der Waals surface area contributed by atoms with E-state index >= 15 is 0 Å². The summed E-state index contributed by atoms with van der Waals surface area (Å²) in [5.74, 6) is 0.0307. The summed E-state index contributed by atoms with van der Waals surface area (Å²) in [6.45, 7) is 10.1. The van der Waals surface area contributed by atoms with E-state index in [1.807, 2.05) is 27.7 Å². The van der Waals surface area contributed by atoms with Crippen molar-refractivity contribution in [1.82, 2.24) is 5.32 Å². The Bertz CT molecular complexity index is 745. The molecular weight excluding hydrogens is 478 g/mol. The Morgan fingerprint density at radius 1 is 0.784 bits per heavy atom. The van der Waals surface area contributed by atoms with Gasteiger partial charge in [-0.1, -0.05) is 95.4 Å². The van der Waals surface area contributed by atoms with E-state index in [2.05, 4.69) is 73.0 Å². The second-order valence-electron chi connectivity index (χ2n) is 9.75. The van der Waals surface area contributed by atoms with Crippen LogP contribution in [0.4, 0.5) is 0 Å². The van der Waals surface area contributed by atoms with Crippen molar-refractivity contribution in [2.75, 3.05) is 5.75 Å². The number of rotatable bonds is 22. The lowest BCUT2D eigenvalue weighted by atomic mass is 9.98. The van der Waals surface area contributed by atoms with E-state index in [0.29, 0.717) is 19.3 Å². The summed E-state index contributed by atoms with van der Waals surface area (Å²) in [7, 11) is 0. The number of hydrogen-bond donors (Lipinski definition) is 2. The fourth-order valence-electron chi connectivity index (χ4n) is 3.82. The third-order valence-electron chi connectivity index (χ3n) is 6.17. The average molecular weight is 532 g/mol. The minimum Gasteiger partial charge on any atom is -0.480 e. The molecule has 0 saturated carbocycles. The van der Waals surface area contributed by atoms with Gasteiger partial charge in [0.2, 0.25) is 5.91 Å². The largest absolute Gasteiger partial charge is 0.480 e. The Hall–Kier alpha value is -2.01. The molecule has 1 amide bonds. The lowest BCUT2D eigenvalue weighted by Gasteiger charge is -2.31. The van der Waals surface area contributed by atoms with Crippen molar-refractivity contribution in [3.8, 4) is 0 Å². The third kappa shape index (κ3) is 18.0. The van der Waals surface area contributed by atoms with E-state index in [1.165, 1.54) is 0 Å². The Morgan fingerprint density at radius 3 is 1.70 bits per heavy atom. The molecule has 210 valence electrons. The van der Waals surface area contributed by atoms with E-state index in [4.69, 9.17) is 0 Å². The van der Waals surface area contributed by atoms with Crippen molar-refractivity contribution >= 4 is 23.6 Å². The van der Waals surface area contributed by atoms with Crippen LogP contribution in [-0.4, -0.2) is 33.5 Å². The molecule has 0 aliphatic carbocycles. The summed E-state index contributed by atoms with van der Waals surface area (Å²) in [5.41, 5.74) is 0. The number of amides is 1. The molecule has 0 heterocycles. The van der Waals surface area contributed by atoms with Crippen molar-refractivity contribution in [3.63, 3.8) is 0 Å². The first kappa shape index (κ1) is 35.0. The zero-order chi connectivity index (χ0) is 27.8. The highest BCUT2D eigenvalue weighted by atomic mass is 32.2. The Balaban J connectivity index is 4.17. The Labute approximate surface area is 231 Å². The van der Waals surface area contributed by atoms with Crippen LogP contribution in [0.25, 0.3) is 0 Å². The van der Waals surface area contributed by atoms with Crippen LogP contribution in [0.5, 0.6) is 0 Å². The summed E-state index contributed by atoms with van der Waals surface area (Å²) >= 11 is 1.68. The van der Waals surface area contributed by atoms with E-state index in [1.54, 1.807) is 11.8 Å². The number of allylic oxidation sites excluding steroid dienone is 10. The molecule has 0 fully saturated rings. The van der Waals surface area contributed by atoms with Gasteiger partial charge in [0, 0.05) is 0 Å². The number of carboxylic acid groups (broad SMARTS) is 1. The Kier molecular flexibility index (Phi) is 21.9. The number of carboxylic acids is 1. The minimum atomic E-state index is -0.954. The van der Waals surface area contributed by atoms with Crippen molar-refractivity contribution in [2.45, 2.75) is 116 Å². The standard InChI is InChI=1S/C32H53NO3S/c1-6-9-10-11-12-13-14-15-16-17-18-19-20-21-22-23-24-25-26-37-32(7-2,8-3)31(36)33-29(30(34)35)27-28(4)5/h9-10,12-13,15-16,18-19,21-22,28-29H,6-8,11,14,17,20,23-27H2,1-5H3,(H,33,36)(H,34,35). The summed E-state index contributed by atoms with van der Waals surface area (Å²) in [6, 6.07) is -0.819. The van der Waals surface area contributed by atoms with Gasteiger partial charge in [-0.15, -0.1) is 11.8 Å². The molecule has 0 radical (unpaired) electrons. The maximum Gasteiger partial charge on any atom is 0.326 e. The molecule has 1 atom stereocenters. The molecule has 5 heteroatoms. The predicted molar refractivity (Wildman–Crippen MR) is 163 cm³/mol. The molecule has 0 bridgehead atoms. The highest BCUT2D eigenvalue weighted by molar-refractivity contribution is 8.01. The molecule has 0 aromatic rings. The van der Waals surface area contributed by atoms with Gasteiger partial charge in [-0.05, 0) is 82.3 Å². The van der Waals surface area contributed by atoms with Crippen LogP contribution in [-0.2, 0) is 9.59 Å². The molecule has 1 unspecified atom stereocenters. The first-order valence-electron chi connectivity index (χ1n) is 14.3. The summed E-state index contributed by atoms with van der Waals surface area (Å²) < 4.78 is -0.554. The van der Waals surface area contributed by atoms with Gasteiger partial charge in [-0.3, -0.25) is 4.79 Å². The van der Waals surface area contributed by atoms with Crippen LogP contribution < -0.4 is 5.32 Å². The minimum absolute atomic E-state index is 0.131. The molecule has 0 spiro atoms. The van der Waals surface area contributed by atoms with Crippen molar-refractivity contribution < 1.29 is 14.7 Å². The summed E-state index contributed by atoms with van der Waals surface area (Å²) in [6.07, 6.45) is 32.2. The van der Waals surface area contributed by atoms with E-state index in [-0.39, 0.29) is 11.8 Å². The normalized spacial score (nSPS) is 13.8. The monoisotopic (exact) mass is 531 g/mol. The number of carbonyl (C=O) groups excluding carboxylic acids is 1. The van der Waals surface area contributed by atoms with Gasteiger partial charge in [-0.2, -0.15) is 0 Å². The second kappa shape index (κ2) is 23.1. The van der Waals surface area contributed by atoms with Gasteiger partial charge < -0.3 is 10.4 Å². The maximum absolute atomic E-state index is 13.0. The smallest absolute Gasteiger partial charge is 0.326 e. The van der Waals surface area contributed by atoms with Gasteiger partial charge in [0.05, 0.1) is 4.75 Å². The fraction of sp³-hybridized carbons (Fsp3) is 0.625. The van der Waals surface area contributed by atoms with Gasteiger partial charge in [0.25, 0.3) is 0 Å². The SMILES string of the molecule is CCC=CCC=CCC=CCC=CCC=CCCCCSC(CC)(CC)C(=O)NC(CC(C)C)C(=O)O. The number of unbranched alkanes of at least 4 members (excludes halogenated alkanes) is 2. The van der Waals surface area contributed by atoms with Gasteiger partial charge in [-0.25, -0.2) is 4.79 Å². The van der Waals surface area contributed by atoms with Crippen LogP contribution >= 0.6 is 11.8 Å². The van der Waals surface area contributed by atoms with Crippen molar-refractivity contribution in [2.24, 2.45) is 5.92 Å². The zero-order valence-corrected chi connectivity index (χ0v) is 24.9. The second-order valence-corrected chi connectivity index (χ2v) is 11.2. The summed E-state index contributed by atoms with van der Waals surface area (Å²) in [5, 5.41) is 12.3. The molecule has 0 aliphatic rings. The molecule has 37 heavy (non-hydrogen) atoms. The molecular formula is C32H53NO3S. The molecule has 0 aromatic heterocycles. The predicted octanol–water partition coefficient (Wildman–Crippen LogP) is 8.82. The third-order valence-corrected chi connectivity index (χ3v) is 7.98. The van der Waals surface area contributed by atoms with E-state index in [0.717, 1.165) is 57.1 Å². The number of carbonyl (C=O) groups is 2. The Morgan fingerprint density at radius 2 is 1.27 bits per heavy atom. The fourth-order valence-corrected chi connectivity index (χ4v) is 5.16. The molecule has 2 N–H and O–H groups in total. The van der Waals surface area contributed by atoms with E-state index < -0.39 is 16.8 Å². The summed E-state index contributed by atoms with van der Waals surface area (Å²) in [4.78, 5) is 24.6. The lowest BCUT2D eigenvalue weighted by molar-refractivity contribution is -0.142. The van der Waals surface area contributed by atoms with Crippen LogP contribution in [0.2, 0.25) is 0 Å². The van der Waals surface area contributed by atoms with Crippen molar-refractivity contribution in [3.05, 3.63) is 60.8 Å². The zero-order valence-electron chi connectivity index (χ0n) is 24.1.